The highest BCUT2D eigenvalue weighted by Gasteiger charge is 2.24. The zero-order chi connectivity index (χ0) is 21.7. The smallest absolute Gasteiger partial charge is 0.244 e. The molecule has 0 aliphatic rings. The molecule has 0 spiro atoms. The van der Waals surface area contributed by atoms with Crippen molar-refractivity contribution in [3.05, 3.63) is 89.4 Å². The maximum absolute atomic E-state index is 13.1. The molecule has 6 nitrogen and oxygen atoms in total. The van der Waals surface area contributed by atoms with E-state index in [1.807, 2.05) is 72.1 Å². The lowest BCUT2D eigenvalue weighted by atomic mass is 10.1. The summed E-state index contributed by atoms with van der Waals surface area (Å²) in [6.07, 6.45) is 2.19. The Labute approximate surface area is 186 Å². The summed E-state index contributed by atoms with van der Waals surface area (Å²) in [5.41, 5.74) is 2.56. The maximum atomic E-state index is 13.1. The highest BCUT2D eigenvalue weighted by Crippen LogP contribution is 2.29. The lowest BCUT2D eigenvalue weighted by molar-refractivity contribution is 0.414. The van der Waals surface area contributed by atoms with E-state index in [0.717, 1.165) is 21.8 Å². The number of aromatic nitrogens is 2. The summed E-state index contributed by atoms with van der Waals surface area (Å²) >= 11 is 1.47. The number of hydrogen-bond acceptors (Lipinski definition) is 5. The van der Waals surface area contributed by atoms with Gasteiger partial charge in [0.1, 0.15) is 16.3 Å². The number of ether oxygens (including phenoxy) is 1. The van der Waals surface area contributed by atoms with Crippen LogP contribution in [0.25, 0.3) is 10.6 Å². The van der Waals surface area contributed by atoms with Crippen LogP contribution in [0.4, 0.5) is 0 Å². The minimum atomic E-state index is -3.72. The molecule has 0 saturated carbocycles. The fraction of sp³-hybridized carbons (Fsp3) is 0.174. The Kier molecular flexibility index (Phi) is 6.50. The van der Waals surface area contributed by atoms with Crippen LogP contribution in [0.2, 0.25) is 0 Å². The van der Waals surface area contributed by atoms with E-state index in [1.165, 1.54) is 11.3 Å². The van der Waals surface area contributed by atoms with E-state index in [-0.39, 0.29) is 4.90 Å². The van der Waals surface area contributed by atoms with Crippen molar-refractivity contribution in [1.82, 2.24) is 14.5 Å². The van der Waals surface area contributed by atoms with E-state index in [1.54, 1.807) is 18.0 Å². The van der Waals surface area contributed by atoms with Gasteiger partial charge >= 0.3 is 0 Å². The first-order valence-corrected chi connectivity index (χ1v) is 12.2. The van der Waals surface area contributed by atoms with Gasteiger partial charge in [-0.25, -0.2) is 13.1 Å². The van der Waals surface area contributed by atoms with Gasteiger partial charge in [-0.05, 0) is 41.1 Å². The molecule has 0 aliphatic carbocycles. The summed E-state index contributed by atoms with van der Waals surface area (Å²) in [6.45, 7) is 0.795. The van der Waals surface area contributed by atoms with Crippen LogP contribution < -0.4 is 9.46 Å². The molecule has 31 heavy (non-hydrogen) atoms. The Morgan fingerprint density at radius 1 is 1.00 bits per heavy atom. The molecule has 2 aromatic heterocycles. The third kappa shape index (κ3) is 5.22. The molecule has 4 aromatic rings. The number of thiophene rings is 1. The number of hydrogen-bond donors (Lipinski definition) is 1. The number of sulfonamides is 1. The SMILES string of the molecule is COc1ccc(CCNS(=O)(=O)c2cn(Cc3ccccc3)nc2-c2cccs2)cc1. The van der Waals surface area contributed by atoms with E-state index >= 15 is 0 Å². The summed E-state index contributed by atoms with van der Waals surface area (Å²) in [5.74, 6) is 0.774. The van der Waals surface area contributed by atoms with Gasteiger partial charge in [-0.3, -0.25) is 4.68 Å². The van der Waals surface area contributed by atoms with Crippen LogP contribution in [-0.4, -0.2) is 31.9 Å². The van der Waals surface area contributed by atoms with Crippen LogP contribution in [0, 0.1) is 0 Å². The van der Waals surface area contributed by atoms with Crippen molar-refractivity contribution < 1.29 is 13.2 Å². The van der Waals surface area contributed by atoms with Crippen molar-refractivity contribution in [2.24, 2.45) is 0 Å². The Balaban J connectivity index is 1.54. The van der Waals surface area contributed by atoms with Gasteiger partial charge < -0.3 is 4.74 Å². The molecular weight excluding hydrogens is 430 g/mol. The zero-order valence-corrected chi connectivity index (χ0v) is 18.7. The standard InChI is InChI=1S/C23H23N3O3S2/c1-29-20-11-9-18(10-12-20)13-14-24-31(27,28)22-17-26(16-19-6-3-2-4-7-19)25-23(22)21-8-5-15-30-21/h2-12,15,17,24H,13-14,16H2,1H3. The van der Waals surface area contributed by atoms with Crippen molar-refractivity contribution >= 4 is 21.4 Å². The third-order valence-electron chi connectivity index (χ3n) is 4.82. The van der Waals surface area contributed by atoms with Gasteiger partial charge in [-0.1, -0.05) is 48.5 Å². The molecule has 0 bridgehead atoms. The van der Waals surface area contributed by atoms with Crippen LogP contribution in [0.3, 0.4) is 0 Å². The van der Waals surface area contributed by atoms with Crippen molar-refractivity contribution in [2.45, 2.75) is 17.9 Å². The Morgan fingerprint density at radius 2 is 1.77 bits per heavy atom. The van der Waals surface area contributed by atoms with Crippen LogP contribution in [-0.2, 0) is 23.0 Å². The Bertz CT molecular complexity index is 1220. The fourth-order valence-corrected chi connectivity index (χ4v) is 5.21. The normalized spacial score (nSPS) is 11.5. The minimum absolute atomic E-state index is 0.195. The van der Waals surface area contributed by atoms with Gasteiger partial charge in [0.05, 0.1) is 18.5 Å². The minimum Gasteiger partial charge on any atom is -0.497 e. The first-order chi connectivity index (χ1) is 15.0. The second kappa shape index (κ2) is 9.47. The second-order valence-corrected chi connectivity index (χ2v) is 9.68. The number of methoxy groups -OCH3 is 1. The van der Waals surface area contributed by atoms with Crippen molar-refractivity contribution in [3.8, 4) is 16.3 Å². The van der Waals surface area contributed by atoms with Crippen molar-refractivity contribution in [2.75, 3.05) is 13.7 Å². The van der Waals surface area contributed by atoms with Crippen molar-refractivity contribution in [1.29, 1.82) is 0 Å². The van der Waals surface area contributed by atoms with Gasteiger partial charge in [0.25, 0.3) is 0 Å². The molecular formula is C23H23N3O3S2. The second-order valence-electron chi connectivity index (χ2n) is 7.00. The first kappa shape index (κ1) is 21.3. The molecule has 0 unspecified atom stereocenters. The molecule has 2 heterocycles. The van der Waals surface area contributed by atoms with Gasteiger partial charge in [0.15, 0.2) is 0 Å². The molecule has 0 saturated heterocycles. The van der Waals surface area contributed by atoms with E-state index in [4.69, 9.17) is 4.74 Å². The molecule has 8 heteroatoms. The first-order valence-electron chi connectivity index (χ1n) is 9.83. The van der Waals surface area contributed by atoms with Crippen LogP contribution in [0.5, 0.6) is 5.75 Å². The number of rotatable bonds is 9. The number of nitrogens with one attached hydrogen (secondary N) is 1. The van der Waals surface area contributed by atoms with Gasteiger partial charge in [0, 0.05) is 12.7 Å². The predicted octanol–water partition coefficient (Wildman–Crippen LogP) is 4.19. The molecule has 0 fully saturated rings. The summed E-state index contributed by atoms with van der Waals surface area (Å²) in [5, 5.41) is 6.51. The summed E-state index contributed by atoms with van der Waals surface area (Å²) in [4.78, 5) is 1.02. The highest BCUT2D eigenvalue weighted by atomic mass is 32.2. The topological polar surface area (TPSA) is 73.2 Å². The van der Waals surface area contributed by atoms with E-state index in [0.29, 0.717) is 25.2 Å². The van der Waals surface area contributed by atoms with E-state index in [9.17, 15) is 8.42 Å². The summed E-state index contributed by atoms with van der Waals surface area (Å²) < 4.78 is 35.8. The molecule has 0 radical (unpaired) electrons. The average Bonchev–Trinajstić information content (AvgIpc) is 3.45. The molecule has 2 aromatic carbocycles. The lowest BCUT2D eigenvalue weighted by Crippen LogP contribution is -2.26. The molecule has 0 amide bonds. The monoisotopic (exact) mass is 453 g/mol. The summed E-state index contributed by atoms with van der Waals surface area (Å²) in [7, 11) is -2.11. The number of benzene rings is 2. The van der Waals surface area contributed by atoms with Crippen LogP contribution in [0.1, 0.15) is 11.1 Å². The molecule has 160 valence electrons. The van der Waals surface area contributed by atoms with E-state index < -0.39 is 10.0 Å². The zero-order valence-electron chi connectivity index (χ0n) is 17.1. The Hall–Kier alpha value is -2.94. The summed E-state index contributed by atoms with van der Waals surface area (Å²) in [6, 6.07) is 21.2. The quantitative estimate of drug-likeness (QED) is 0.412. The molecule has 0 aliphatic heterocycles. The van der Waals surface area contributed by atoms with Crippen LogP contribution >= 0.6 is 11.3 Å². The third-order valence-corrected chi connectivity index (χ3v) is 7.16. The maximum Gasteiger partial charge on any atom is 0.244 e. The van der Waals surface area contributed by atoms with Gasteiger partial charge in [-0.15, -0.1) is 11.3 Å². The van der Waals surface area contributed by atoms with Crippen LogP contribution in [0.15, 0.2) is 83.2 Å². The highest BCUT2D eigenvalue weighted by molar-refractivity contribution is 7.89. The number of nitrogens with zero attached hydrogens (tertiary/aromatic N) is 2. The fourth-order valence-electron chi connectivity index (χ4n) is 3.23. The van der Waals surface area contributed by atoms with Gasteiger partial charge in [0.2, 0.25) is 10.0 Å². The molecule has 0 atom stereocenters. The van der Waals surface area contributed by atoms with Crippen molar-refractivity contribution in [3.63, 3.8) is 0 Å². The van der Waals surface area contributed by atoms with E-state index in [2.05, 4.69) is 9.82 Å². The predicted molar refractivity (Wildman–Crippen MR) is 123 cm³/mol. The molecule has 4 rings (SSSR count). The lowest BCUT2D eigenvalue weighted by Gasteiger charge is -2.07. The molecule has 1 N–H and O–H groups in total. The van der Waals surface area contributed by atoms with Gasteiger partial charge in [-0.2, -0.15) is 5.10 Å². The largest absolute Gasteiger partial charge is 0.497 e. The Morgan fingerprint density at radius 3 is 2.45 bits per heavy atom. The average molecular weight is 454 g/mol.